The molecule has 1 saturated heterocycles. The van der Waals surface area contributed by atoms with Crippen molar-refractivity contribution in [3.63, 3.8) is 0 Å². The Kier molecular flexibility index (Phi) is 4.35. The Hall–Kier alpha value is -1.65. The number of piperidine rings is 1. The highest BCUT2D eigenvalue weighted by molar-refractivity contribution is 5.73. The van der Waals surface area contributed by atoms with Crippen LogP contribution in [0.1, 0.15) is 31.2 Å². The molecule has 2 heterocycles. The molecule has 2 rings (SSSR count). The van der Waals surface area contributed by atoms with E-state index < -0.39 is 0 Å². The number of hydrogen-bond acceptors (Lipinski definition) is 5. The monoisotopic (exact) mass is 263 g/mol. The summed E-state index contributed by atoms with van der Waals surface area (Å²) in [6.45, 7) is 7.76. The van der Waals surface area contributed by atoms with E-state index in [9.17, 15) is 4.79 Å². The standard InChI is InChI=1S/C14H21N3O2/c1-4-19-13(18)12-6-5-7-17(9-12)14-15-10(2)8-11(3)16-14/h8,12H,4-7,9H2,1-3H3. The van der Waals surface area contributed by atoms with Gasteiger partial charge in [0, 0.05) is 24.5 Å². The zero-order valence-electron chi connectivity index (χ0n) is 11.8. The van der Waals surface area contributed by atoms with Gasteiger partial charge in [-0.25, -0.2) is 9.97 Å². The maximum atomic E-state index is 11.8. The zero-order valence-corrected chi connectivity index (χ0v) is 11.8. The van der Waals surface area contributed by atoms with Crippen LogP contribution in [0.4, 0.5) is 5.95 Å². The Morgan fingerprint density at radius 3 is 2.74 bits per heavy atom. The van der Waals surface area contributed by atoms with Crippen LogP contribution in [0.25, 0.3) is 0 Å². The molecule has 0 N–H and O–H groups in total. The molecule has 0 aromatic carbocycles. The summed E-state index contributed by atoms with van der Waals surface area (Å²) >= 11 is 0. The summed E-state index contributed by atoms with van der Waals surface area (Å²) in [7, 11) is 0. The molecule has 1 aromatic heterocycles. The second-order valence-corrected chi connectivity index (χ2v) is 4.99. The molecule has 1 aromatic rings. The van der Waals surface area contributed by atoms with Gasteiger partial charge in [-0.1, -0.05) is 0 Å². The van der Waals surface area contributed by atoms with Crippen LogP contribution in [0.3, 0.4) is 0 Å². The van der Waals surface area contributed by atoms with E-state index in [0.717, 1.165) is 36.7 Å². The number of carbonyl (C=O) groups is 1. The third kappa shape index (κ3) is 3.43. The first-order valence-electron chi connectivity index (χ1n) is 6.84. The van der Waals surface area contributed by atoms with E-state index in [-0.39, 0.29) is 11.9 Å². The Morgan fingerprint density at radius 2 is 2.11 bits per heavy atom. The average molecular weight is 263 g/mol. The normalized spacial score (nSPS) is 19.3. The molecule has 0 amide bonds. The van der Waals surface area contributed by atoms with E-state index in [0.29, 0.717) is 13.2 Å². The van der Waals surface area contributed by atoms with Crippen molar-refractivity contribution < 1.29 is 9.53 Å². The molecule has 1 unspecified atom stereocenters. The number of aryl methyl sites for hydroxylation is 2. The molecule has 0 aliphatic carbocycles. The molecule has 1 aliphatic rings. The minimum atomic E-state index is -0.100. The van der Waals surface area contributed by atoms with E-state index in [2.05, 4.69) is 14.9 Å². The molecule has 0 spiro atoms. The van der Waals surface area contributed by atoms with Gasteiger partial charge in [-0.05, 0) is 39.7 Å². The van der Waals surface area contributed by atoms with Crippen LogP contribution < -0.4 is 4.90 Å². The predicted molar refractivity (Wildman–Crippen MR) is 73.1 cm³/mol. The lowest BCUT2D eigenvalue weighted by Gasteiger charge is -2.31. The molecule has 0 saturated carbocycles. The summed E-state index contributed by atoms with van der Waals surface area (Å²) in [5.41, 5.74) is 1.92. The summed E-state index contributed by atoms with van der Waals surface area (Å²) in [6.07, 6.45) is 1.86. The first-order chi connectivity index (χ1) is 9.10. The van der Waals surface area contributed by atoms with Gasteiger partial charge in [0.05, 0.1) is 12.5 Å². The number of anilines is 1. The van der Waals surface area contributed by atoms with Crippen molar-refractivity contribution in [2.24, 2.45) is 5.92 Å². The van der Waals surface area contributed by atoms with Crippen molar-refractivity contribution in [1.82, 2.24) is 9.97 Å². The number of nitrogens with zero attached hydrogens (tertiary/aromatic N) is 3. The number of carbonyl (C=O) groups excluding carboxylic acids is 1. The lowest BCUT2D eigenvalue weighted by atomic mass is 9.98. The van der Waals surface area contributed by atoms with Gasteiger partial charge < -0.3 is 9.64 Å². The lowest BCUT2D eigenvalue weighted by Crippen LogP contribution is -2.40. The second-order valence-electron chi connectivity index (χ2n) is 4.99. The van der Waals surface area contributed by atoms with Crippen LogP contribution in [-0.4, -0.2) is 35.6 Å². The number of hydrogen-bond donors (Lipinski definition) is 0. The molecule has 5 nitrogen and oxygen atoms in total. The molecule has 1 aliphatic heterocycles. The highest BCUT2D eigenvalue weighted by Gasteiger charge is 2.28. The quantitative estimate of drug-likeness (QED) is 0.779. The van der Waals surface area contributed by atoms with E-state index in [4.69, 9.17) is 4.74 Å². The van der Waals surface area contributed by atoms with Crippen LogP contribution in [0.15, 0.2) is 6.07 Å². The Bertz CT molecular complexity index is 442. The molecule has 19 heavy (non-hydrogen) atoms. The van der Waals surface area contributed by atoms with Gasteiger partial charge in [0.25, 0.3) is 0 Å². The SMILES string of the molecule is CCOC(=O)C1CCCN(c2nc(C)cc(C)n2)C1. The van der Waals surface area contributed by atoms with Crippen LogP contribution in [0.2, 0.25) is 0 Å². The van der Waals surface area contributed by atoms with E-state index in [1.165, 1.54) is 0 Å². The highest BCUT2D eigenvalue weighted by Crippen LogP contribution is 2.21. The van der Waals surface area contributed by atoms with Gasteiger partial charge in [0.15, 0.2) is 0 Å². The van der Waals surface area contributed by atoms with Crippen molar-refractivity contribution in [3.05, 3.63) is 17.5 Å². The summed E-state index contributed by atoms with van der Waals surface area (Å²) in [6, 6.07) is 1.95. The average Bonchev–Trinajstić information content (AvgIpc) is 2.38. The molecule has 0 bridgehead atoms. The maximum absolute atomic E-state index is 11.8. The molecule has 1 atom stereocenters. The highest BCUT2D eigenvalue weighted by atomic mass is 16.5. The van der Waals surface area contributed by atoms with Gasteiger partial charge >= 0.3 is 5.97 Å². The fourth-order valence-electron chi connectivity index (χ4n) is 2.46. The zero-order chi connectivity index (χ0) is 13.8. The summed E-state index contributed by atoms with van der Waals surface area (Å²) in [5.74, 6) is 0.571. The number of aromatic nitrogens is 2. The molecular weight excluding hydrogens is 242 g/mol. The molecular formula is C14H21N3O2. The first kappa shape index (κ1) is 13.8. The van der Waals surface area contributed by atoms with Crippen LogP contribution >= 0.6 is 0 Å². The largest absolute Gasteiger partial charge is 0.466 e. The van der Waals surface area contributed by atoms with Crippen molar-refractivity contribution >= 4 is 11.9 Å². The molecule has 104 valence electrons. The summed E-state index contributed by atoms with van der Waals surface area (Å²) in [4.78, 5) is 22.8. The van der Waals surface area contributed by atoms with Crippen molar-refractivity contribution in [2.45, 2.75) is 33.6 Å². The van der Waals surface area contributed by atoms with Crippen molar-refractivity contribution in [1.29, 1.82) is 0 Å². The summed E-state index contributed by atoms with van der Waals surface area (Å²) in [5, 5.41) is 0. The molecule has 0 radical (unpaired) electrons. The maximum Gasteiger partial charge on any atom is 0.310 e. The molecule has 5 heteroatoms. The Morgan fingerprint density at radius 1 is 1.42 bits per heavy atom. The van der Waals surface area contributed by atoms with Gasteiger partial charge in [-0.3, -0.25) is 4.79 Å². The summed E-state index contributed by atoms with van der Waals surface area (Å²) < 4.78 is 5.11. The third-order valence-electron chi connectivity index (χ3n) is 3.29. The fourth-order valence-corrected chi connectivity index (χ4v) is 2.46. The number of esters is 1. The predicted octanol–water partition coefficient (Wildman–Crippen LogP) is 1.87. The smallest absolute Gasteiger partial charge is 0.310 e. The fraction of sp³-hybridized carbons (Fsp3) is 0.643. The Balaban J connectivity index is 2.10. The van der Waals surface area contributed by atoms with Crippen LogP contribution in [0.5, 0.6) is 0 Å². The van der Waals surface area contributed by atoms with E-state index in [1.54, 1.807) is 0 Å². The minimum absolute atomic E-state index is 0.0573. The van der Waals surface area contributed by atoms with Gasteiger partial charge in [-0.2, -0.15) is 0 Å². The van der Waals surface area contributed by atoms with Crippen molar-refractivity contribution in [3.8, 4) is 0 Å². The van der Waals surface area contributed by atoms with Gasteiger partial charge in [0.2, 0.25) is 5.95 Å². The topological polar surface area (TPSA) is 55.3 Å². The first-order valence-corrected chi connectivity index (χ1v) is 6.84. The van der Waals surface area contributed by atoms with Gasteiger partial charge in [-0.15, -0.1) is 0 Å². The van der Waals surface area contributed by atoms with Gasteiger partial charge in [0.1, 0.15) is 0 Å². The van der Waals surface area contributed by atoms with E-state index in [1.807, 2.05) is 26.8 Å². The van der Waals surface area contributed by atoms with Crippen LogP contribution in [0, 0.1) is 19.8 Å². The van der Waals surface area contributed by atoms with E-state index >= 15 is 0 Å². The number of rotatable bonds is 3. The number of ether oxygens (including phenoxy) is 1. The Labute approximate surface area is 114 Å². The van der Waals surface area contributed by atoms with Crippen LogP contribution in [-0.2, 0) is 9.53 Å². The molecule has 1 fully saturated rings. The lowest BCUT2D eigenvalue weighted by molar-refractivity contribution is -0.148. The third-order valence-corrected chi connectivity index (χ3v) is 3.29. The van der Waals surface area contributed by atoms with Crippen molar-refractivity contribution in [2.75, 3.05) is 24.6 Å². The minimum Gasteiger partial charge on any atom is -0.466 e. The second kappa shape index (κ2) is 5.99.